The van der Waals surface area contributed by atoms with Gasteiger partial charge in [0, 0.05) is 6.61 Å². The van der Waals surface area contributed by atoms with E-state index in [9.17, 15) is 0 Å². The smallest absolute Gasteiger partial charge is 0.157 e. The quantitative estimate of drug-likeness (QED) is 0.475. The number of rotatable bonds is 6. The first-order valence-electron chi connectivity index (χ1n) is 5.38. The molecule has 2 aliphatic heterocycles. The van der Waals surface area contributed by atoms with E-state index in [4.69, 9.17) is 18.9 Å². The predicted octanol–water partition coefficient (Wildman–Crippen LogP) is 0.945. The molecule has 2 heterocycles. The number of epoxide rings is 1. The van der Waals surface area contributed by atoms with Crippen LogP contribution in [0.4, 0.5) is 0 Å². The van der Waals surface area contributed by atoms with Crippen LogP contribution in [0.15, 0.2) is 0 Å². The zero-order valence-corrected chi connectivity index (χ0v) is 8.44. The maximum Gasteiger partial charge on any atom is 0.157 e. The molecule has 2 unspecified atom stereocenters. The van der Waals surface area contributed by atoms with Crippen molar-refractivity contribution in [1.29, 1.82) is 0 Å². The molecule has 2 fully saturated rings. The summed E-state index contributed by atoms with van der Waals surface area (Å²) >= 11 is 0. The van der Waals surface area contributed by atoms with Gasteiger partial charge >= 0.3 is 0 Å². The topological polar surface area (TPSA) is 40.2 Å². The Morgan fingerprint density at radius 2 is 2.07 bits per heavy atom. The lowest BCUT2D eigenvalue weighted by Crippen LogP contribution is -2.24. The van der Waals surface area contributed by atoms with Crippen LogP contribution in [0.3, 0.4) is 0 Å². The van der Waals surface area contributed by atoms with Crippen molar-refractivity contribution >= 4 is 0 Å². The van der Waals surface area contributed by atoms with Gasteiger partial charge in [-0.05, 0) is 19.3 Å². The first kappa shape index (κ1) is 10.4. The van der Waals surface area contributed by atoms with E-state index in [2.05, 4.69) is 0 Å². The SMILES string of the molecule is C1CCC(OCCOCC2CO2)OC1. The second-order valence-electron chi connectivity index (χ2n) is 3.70. The Morgan fingerprint density at radius 1 is 1.14 bits per heavy atom. The van der Waals surface area contributed by atoms with Crippen LogP contribution in [-0.4, -0.2) is 45.4 Å². The molecule has 82 valence electrons. The molecule has 0 aromatic heterocycles. The highest BCUT2D eigenvalue weighted by molar-refractivity contribution is 4.66. The van der Waals surface area contributed by atoms with Crippen LogP contribution in [0.2, 0.25) is 0 Å². The van der Waals surface area contributed by atoms with E-state index >= 15 is 0 Å². The molecule has 0 aromatic carbocycles. The van der Waals surface area contributed by atoms with E-state index in [1.165, 1.54) is 6.42 Å². The van der Waals surface area contributed by atoms with Gasteiger partial charge in [-0.2, -0.15) is 0 Å². The molecular formula is C10H18O4. The summed E-state index contributed by atoms with van der Waals surface area (Å²) in [6.07, 6.45) is 3.74. The van der Waals surface area contributed by atoms with Gasteiger partial charge in [-0.3, -0.25) is 0 Å². The molecule has 2 aliphatic rings. The van der Waals surface area contributed by atoms with Crippen molar-refractivity contribution in [3.8, 4) is 0 Å². The molecule has 4 heteroatoms. The van der Waals surface area contributed by atoms with Gasteiger partial charge < -0.3 is 18.9 Å². The maximum absolute atomic E-state index is 5.50. The third kappa shape index (κ3) is 3.92. The Bertz CT molecular complexity index is 152. The molecule has 4 nitrogen and oxygen atoms in total. The molecule has 0 bridgehead atoms. The number of hydrogen-bond donors (Lipinski definition) is 0. The summed E-state index contributed by atoms with van der Waals surface area (Å²) < 4.78 is 21.3. The lowest BCUT2D eigenvalue weighted by atomic mass is 10.2. The maximum atomic E-state index is 5.50. The van der Waals surface area contributed by atoms with Crippen LogP contribution in [0.5, 0.6) is 0 Å². The fourth-order valence-corrected chi connectivity index (χ4v) is 1.46. The molecule has 14 heavy (non-hydrogen) atoms. The molecule has 0 aromatic rings. The molecule has 2 atom stereocenters. The molecule has 2 saturated heterocycles. The van der Waals surface area contributed by atoms with Crippen molar-refractivity contribution in [2.45, 2.75) is 31.7 Å². The zero-order valence-electron chi connectivity index (χ0n) is 8.44. The molecule has 0 radical (unpaired) electrons. The lowest BCUT2D eigenvalue weighted by Gasteiger charge is -2.22. The average Bonchev–Trinajstić information content (AvgIpc) is 3.03. The molecule has 0 spiro atoms. The summed E-state index contributed by atoms with van der Waals surface area (Å²) in [6.45, 7) is 3.65. The monoisotopic (exact) mass is 202 g/mol. The van der Waals surface area contributed by atoms with Gasteiger partial charge in [0.05, 0.1) is 26.4 Å². The molecule has 0 aliphatic carbocycles. The van der Waals surface area contributed by atoms with E-state index in [1.54, 1.807) is 0 Å². The highest BCUT2D eigenvalue weighted by Crippen LogP contribution is 2.13. The van der Waals surface area contributed by atoms with Crippen molar-refractivity contribution in [3.63, 3.8) is 0 Å². The first-order chi connectivity index (χ1) is 6.95. The summed E-state index contributed by atoms with van der Waals surface area (Å²) in [5.74, 6) is 0. The van der Waals surface area contributed by atoms with E-state index in [-0.39, 0.29) is 6.29 Å². The van der Waals surface area contributed by atoms with Crippen molar-refractivity contribution in [3.05, 3.63) is 0 Å². The molecule has 2 rings (SSSR count). The van der Waals surface area contributed by atoms with Crippen molar-refractivity contribution < 1.29 is 18.9 Å². The van der Waals surface area contributed by atoms with Gasteiger partial charge in [0.1, 0.15) is 6.10 Å². The Hall–Kier alpha value is -0.160. The van der Waals surface area contributed by atoms with Crippen LogP contribution < -0.4 is 0 Å². The largest absolute Gasteiger partial charge is 0.376 e. The standard InChI is InChI=1S/C10H18O4/c1-2-4-12-10(3-1)13-6-5-11-7-9-8-14-9/h9-10H,1-8H2. The summed E-state index contributed by atoms with van der Waals surface area (Å²) in [4.78, 5) is 0. The molecular weight excluding hydrogens is 184 g/mol. The summed E-state index contributed by atoms with van der Waals surface area (Å²) in [5, 5.41) is 0. The van der Waals surface area contributed by atoms with Gasteiger partial charge in [-0.15, -0.1) is 0 Å². The number of hydrogen-bond acceptors (Lipinski definition) is 4. The van der Waals surface area contributed by atoms with E-state index < -0.39 is 0 Å². The average molecular weight is 202 g/mol. The Morgan fingerprint density at radius 3 is 2.79 bits per heavy atom. The van der Waals surface area contributed by atoms with Crippen molar-refractivity contribution in [2.75, 3.05) is 33.0 Å². The van der Waals surface area contributed by atoms with E-state index in [0.717, 1.165) is 26.1 Å². The third-order valence-corrected chi connectivity index (χ3v) is 2.38. The van der Waals surface area contributed by atoms with Gasteiger partial charge in [0.15, 0.2) is 6.29 Å². The summed E-state index contributed by atoms with van der Waals surface area (Å²) in [5.41, 5.74) is 0. The van der Waals surface area contributed by atoms with Crippen molar-refractivity contribution in [1.82, 2.24) is 0 Å². The summed E-state index contributed by atoms with van der Waals surface area (Å²) in [6, 6.07) is 0. The minimum absolute atomic E-state index is 0.00419. The van der Waals surface area contributed by atoms with Gasteiger partial charge in [0.25, 0.3) is 0 Å². The van der Waals surface area contributed by atoms with Gasteiger partial charge in [0.2, 0.25) is 0 Å². The third-order valence-electron chi connectivity index (χ3n) is 2.38. The van der Waals surface area contributed by atoms with Crippen LogP contribution in [-0.2, 0) is 18.9 Å². The van der Waals surface area contributed by atoms with Crippen molar-refractivity contribution in [2.24, 2.45) is 0 Å². The predicted molar refractivity (Wildman–Crippen MR) is 50.1 cm³/mol. The van der Waals surface area contributed by atoms with E-state index in [0.29, 0.717) is 25.9 Å². The van der Waals surface area contributed by atoms with Crippen LogP contribution in [0, 0.1) is 0 Å². The fourth-order valence-electron chi connectivity index (χ4n) is 1.46. The minimum Gasteiger partial charge on any atom is -0.376 e. The molecule has 0 saturated carbocycles. The highest BCUT2D eigenvalue weighted by Gasteiger charge is 2.22. The van der Waals surface area contributed by atoms with Crippen LogP contribution in [0.1, 0.15) is 19.3 Å². The normalized spacial score (nSPS) is 31.7. The Kier molecular flexibility index (Phi) is 4.19. The second-order valence-corrected chi connectivity index (χ2v) is 3.70. The van der Waals surface area contributed by atoms with E-state index in [1.807, 2.05) is 0 Å². The Labute approximate surface area is 84.5 Å². The fraction of sp³-hybridized carbons (Fsp3) is 1.00. The minimum atomic E-state index is 0.00419. The number of ether oxygens (including phenoxy) is 4. The highest BCUT2D eigenvalue weighted by atomic mass is 16.7. The Balaban J connectivity index is 1.41. The first-order valence-corrected chi connectivity index (χ1v) is 5.38. The molecule has 0 amide bonds. The zero-order chi connectivity index (χ0) is 9.64. The summed E-state index contributed by atoms with van der Waals surface area (Å²) in [7, 11) is 0. The van der Waals surface area contributed by atoms with Gasteiger partial charge in [-0.1, -0.05) is 0 Å². The lowest BCUT2D eigenvalue weighted by molar-refractivity contribution is -0.169. The second kappa shape index (κ2) is 5.66. The molecule has 0 N–H and O–H groups in total. The van der Waals surface area contributed by atoms with Crippen LogP contribution >= 0.6 is 0 Å². The van der Waals surface area contributed by atoms with Gasteiger partial charge in [-0.25, -0.2) is 0 Å². The van der Waals surface area contributed by atoms with Crippen LogP contribution in [0.25, 0.3) is 0 Å².